The Balaban J connectivity index is 1.43. The summed E-state index contributed by atoms with van der Waals surface area (Å²) in [6, 6.07) is 9.85. The summed E-state index contributed by atoms with van der Waals surface area (Å²) in [5.41, 5.74) is 2.20. The third-order valence-electron chi connectivity index (χ3n) is 5.08. The summed E-state index contributed by atoms with van der Waals surface area (Å²) in [5.74, 6) is 2.86. The predicted molar refractivity (Wildman–Crippen MR) is 98.6 cm³/mol. The number of ether oxygens (including phenoxy) is 2. The molecule has 1 aromatic heterocycles. The number of fused-ring (bicyclic) bond motifs is 1. The number of benzene rings is 1. The van der Waals surface area contributed by atoms with Gasteiger partial charge in [0.15, 0.2) is 11.5 Å². The number of carbonyl (C=O) groups excluding carboxylic acids is 1. The molecule has 6 heteroatoms. The largest absolute Gasteiger partial charge is 0.454 e. The molecule has 2 aromatic rings. The van der Waals surface area contributed by atoms with E-state index in [1.807, 2.05) is 36.3 Å². The number of piperidine rings is 1. The highest BCUT2D eigenvalue weighted by molar-refractivity contribution is 5.79. The summed E-state index contributed by atoms with van der Waals surface area (Å²) >= 11 is 0. The Hall–Kier alpha value is -2.76. The van der Waals surface area contributed by atoms with Crippen LogP contribution >= 0.6 is 0 Å². The van der Waals surface area contributed by atoms with Gasteiger partial charge in [-0.25, -0.2) is 4.98 Å². The zero-order chi connectivity index (χ0) is 17.9. The van der Waals surface area contributed by atoms with Gasteiger partial charge in [0.25, 0.3) is 0 Å². The number of amides is 1. The third kappa shape index (κ3) is 3.45. The monoisotopic (exact) mass is 353 g/mol. The lowest BCUT2D eigenvalue weighted by molar-refractivity contribution is -0.131. The average molecular weight is 353 g/mol. The molecule has 2 aliphatic heterocycles. The molecule has 1 fully saturated rings. The van der Waals surface area contributed by atoms with Gasteiger partial charge in [0.05, 0.1) is 6.42 Å². The van der Waals surface area contributed by atoms with E-state index in [1.54, 1.807) is 0 Å². The number of likely N-dealkylation sites (tertiary alicyclic amines) is 1. The van der Waals surface area contributed by atoms with Crippen molar-refractivity contribution in [3.8, 4) is 11.5 Å². The molecule has 2 aliphatic rings. The predicted octanol–water partition coefficient (Wildman–Crippen LogP) is 2.80. The zero-order valence-corrected chi connectivity index (χ0v) is 14.9. The summed E-state index contributed by atoms with van der Waals surface area (Å²) in [7, 11) is 1.87. The zero-order valence-electron chi connectivity index (χ0n) is 14.9. The molecule has 1 saturated heterocycles. The Kier molecular flexibility index (Phi) is 4.65. The van der Waals surface area contributed by atoms with Crippen molar-refractivity contribution in [1.82, 2.24) is 9.88 Å². The number of aromatic nitrogens is 1. The van der Waals surface area contributed by atoms with Gasteiger partial charge in [0.2, 0.25) is 12.7 Å². The number of nitrogens with one attached hydrogen (secondary N) is 1. The van der Waals surface area contributed by atoms with Crippen LogP contribution in [0.1, 0.15) is 29.9 Å². The molecule has 3 heterocycles. The maximum atomic E-state index is 12.8. The first-order valence-corrected chi connectivity index (χ1v) is 9.03. The van der Waals surface area contributed by atoms with Crippen LogP contribution in [0.3, 0.4) is 0 Å². The molecule has 1 amide bonds. The second kappa shape index (κ2) is 7.23. The van der Waals surface area contributed by atoms with Crippen LogP contribution in [0.15, 0.2) is 36.5 Å². The molecule has 4 rings (SSSR count). The van der Waals surface area contributed by atoms with Crippen molar-refractivity contribution < 1.29 is 14.3 Å². The number of pyridine rings is 1. The van der Waals surface area contributed by atoms with E-state index in [1.165, 1.54) is 5.56 Å². The van der Waals surface area contributed by atoms with Crippen LogP contribution in [0.5, 0.6) is 11.5 Å². The van der Waals surface area contributed by atoms with E-state index in [0.29, 0.717) is 12.3 Å². The van der Waals surface area contributed by atoms with E-state index in [-0.39, 0.29) is 12.7 Å². The number of hydrogen-bond donors (Lipinski definition) is 1. The molecular weight excluding hydrogens is 330 g/mol. The quantitative estimate of drug-likeness (QED) is 0.916. The highest BCUT2D eigenvalue weighted by atomic mass is 16.7. The molecule has 0 bridgehead atoms. The first-order chi connectivity index (χ1) is 12.7. The van der Waals surface area contributed by atoms with Crippen molar-refractivity contribution in [2.45, 2.75) is 25.2 Å². The van der Waals surface area contributed by atoms with Crippen LogP contribution in [0.4, 0.5) is 5.82 Å². The Morgan fingerprint density at radius 1 is 1.27 bits per heavy atom. The van der Waals surface area contributed by atoms with Gasteiger partial charge in [-0.2, -0.15) is 0 Å². The van der Waals surface area contributed by atoms with Gasteiger partial charge >= 0.3 is 0 Å². The van der Waals surface area contributed by atoms with E-state index < -0.39 is 0 Å². The molecule has 0 spiro atoms. The van der Waals surface area contributed by atoms with Gasteiger partial charge in [-0.3, -0.25) is 4.79 Å². The Labute approximate surface area is 153 Å². The average Bonchev–Trinajstić information content (AvgIpc) is 3.16. The van der Waals surface area contributed by atoms with Crippen molar-refractivity contribution in [2.75, 3.05) is 32.2 Å². The summed E-state index contributed by atoms with van der Waals surface area (Å²) in [4.78, 5) is 19.1. The van der Waals surface area contributed by atoms with Crippen molar-refractivity contribution in [3.05, 3.63) is 47.7 Å². The van der Waals surface area contributed by atoms with E-state index in [4.69, 9.17) is 9.47 Å². The minimum Gasteiger partial charge on any atom is -0.454 e. The van der Waals surface area contributed by atoms with Gasteiger partial charge in [-0.05, 0) is 48.2 Å². The van der Waals surface area contributed by atoms with Crippen molar-refractivity contribution in [2.24, 2.45) is 0 Å². The number of nitrogens with zero attached hydrogens (tertiary/aromatic N) is 2. The minimum atomic E-state index is 0.163. The fraction of sp³-hybridized carbons (Fsp3) is 0.400. The SMILES string of the molecule is CNc1cc([C@@H]2CCCN(C(=O)Cc3ccc4c(c3)OCO4)C2)ccn1. The molecule has 26 heavy (non-hydrogen) atoms. The molecule has 0 saturated carbocycles. The standard InChI is InChI=1S/C20H23N3O3/c1-21-19-11-15(6-7-22-19)16-3-2-8-23(12-16)20(24)10-14-4-5-17-18(9-14)26-13-25-17/h4-7,9,11,16H,2-3,8,10,12-13H2,1H3,(H,21,22)/t16-/m1/s1. The smallest absolute Gasteiger partial charge is 0.231 e. The Morgan fingerprint density at radius 3 is 3.04 bits per heavy atom. The molecule has 1 aromatic carbocycles. The molecule has 136 valence electrons. The maximum absolute atomic E-state index is 12.8. The molecule has 1 N–H and O–H groups in total. The first kappa shape index (κ1) is 16.7. The van der Waals surface area contributed by atoms with Crippen LogP contribution in [-0.4, -0.2) is 42.7 Å². The van der Waals surface area contributed by atoms with Crippen molar-refractivity contribution >= 4 is 11.7 Å². The van der Waals surface area contributed by atoms with Gasteiger partial charge in [0, 0.05) is 32.3 Å². The summed E-state index contributed by atoms with van der Waals surface area (Å²) in [6.45, 7) is 1.83. The van der Waals surface area contributed by atoms with E-state index in [2.05, 4.69) is 22.4 Å². The number of hydrogen-bond acceptors (Lipinski definition) is 5. The van der Waals surface area contributed by atoms with Gasteiger partial charge in [0.1, 0.15) is 5.82 Å². The molecule has 0 aliphatic carbocycles. The molecular formula is C20H23N3O3. The first-order valence-electron chi connectivity index (χ1n) is 9.03. The number of carbonyl (C=O) groups is 1. The highest BCUT2D eigenvalue weighted by Gasteiger charge is 2.25. The van der Waals surface area contributed by atoms with Crippen LogP contribution in [0.2, 0.25) is 0 Å². The number of anilines is 1. The molecule has 0 radical (unpaired) electrons. The summed E-state index contributed by atoms with van der Waals surface area (Å²) in [5, 5.41) is 3.08. The summed E-state index contributed by atoms with van der Waals surface area (Å²) in [6.07, 6.45) is 4.34. The second-order valence-electron chi connectivity index (χ2n) is 6.77. The fourth-order valence-electron chi connectivity index (χ4n) is 3.65. The molecule has 6 nitrogen and oxygen atoms in total. The van der Waals surface area contributed by atoms with Crippen LogP contribution < -0.4 is 14.8 Å². The molecule has 0 unspecified atom stereocenters. The Bertz CT molecular complexity index is 809. The molecule has 1 atom stereocenters. The minimum absolute atomic E-state index is 0.163. The van der Waals surface area contributed by atoms with E-state index in [0.717, 1.165) is 48.8 Å². The second-order valence-corrected chi connectivity index (χ2v) is 6.77. The van der Waals surface area contributed by atoms with E-state index >= 15 is 0 Å². The number of rotatable bonds is 4. The van der Waals surface area contributed by atoms with Gasteiger partial charge in [-0.15, -0.1) is 0 Å². The van der Waals surface area contributed by atoms with E-state index in [9.17, 15) is 4.79 Å². The van der Waals surface area contributed by atoms with Crippen molar-refractivity contribution in [1.29, 1.82) is 0 Å². The van der Waals surface area contributed by atoms with Crippen LogP contribution in [-0.2, 0) is 11.2 Å². The normalized spacial score (nSPS) is 18.7. The highest BCUT2D eigenvalue weighted by Crippen LogP contribution is 2.33. The van der Waals surface area contributed by atoms with Crippen LogP contribution in [0.25, 0.3) is 0 Å². The van der Waals surface area contributed by atoms with Crippen molar-refractivity contribution in [3.63, 3.8) is 0 Å². The summed E-state index contributed by atoms with van der Waals surface area (Å²) < 4.78 is 10.7. The van der Waals surface area contributed by atoms with Gasteiger partial charge in [-0.1, -0.05) is 6.07 Å². The lowest BCUT2D eigenvalue weighted by Gasteiger charge is -2.33. The Morgan fingerprint density at radius 2 is 2.15 bits per heavy atom. The van der Waals surface area contributed by atoms with Crippen LogP contribution in [0, 0.1) is 0 Å². The lowest BCUT2D eigenvalue weighted by atomic mass is 9.91. The fourth-order valence-corrected chi connectivity index (χ4v) is 3.65. The topological polar surface area (TPSA) is 63.7 Å². The lowest BCUT2D eigenvalue weighted by Crippen LogP contribution is -2.40. The maximum Gasteiger partial charge on any atom is 0.231 e. The third-order valence-corrected chi connectivity index (χ3v) is 5.08. The van der Waals surface area contributed by atoms with Gasteiger partial charge < -0.3 is 19.7 Å².